The van der Waals surface area contributed by atoms with E-state index in [1.54, 1.807) is 6.92 Å². The van der Waals surface area contributed by atoms with Crippen LogP contribution in [0.4, 0.5) is 0 Å². The molecule has 56 heavy (non-hydrogen) atoms. The Morgan fingerprint density at radius 3 is 1.30 bits per heavy atom. The van der Waals surface area contributed by atoms with E-state index in [-0.39, 0.29) is 32.9 Å². The van der Waals surface area contributed by atoms with Crippen LogP contribution < -0.4 is 0 Å². The molecule has 6 aromatic rings. The third kappa shape index (κ3) is 6.69. The average molecular weight is 741 g/mol. The zero-order chi connectivity index (χ0) is 40.6. The number of rotatable bonds is 6. The number of fused-ring (bicyclic) bond motifs is 1. The van der Waals surface area contributed by atoms with E-state index in [1.165, 1.54) is 22.3 Å². The van der Waals surface area contributed by atoms with Crippen LogP contribution in [0.5, 0.6) is 0 Å². The highest BCUT2D eigenvalue weighted by molar-refractivity contribution is 6.01. The summed E-state index contributed by atoms with van der Waals surface area (Å²) in [5.41, 5.74) is 12.2. The van der Waals surface area contributed by atoms with Crippen molar-refractivity contribution in [2.24, 2.45) is 5.41 Å². The van der Waals surface area contributed by atoms with Crippen LogP contribution in [0.1, 0.15) is 123 Å². The zero-order valence-corrected chi connectivity index (χ0v) is 35.5. The molecule has 286 valence electrons. The van der Waals surface area contributed by atoms with E-state index in [0.29, 0.717) is 23.0 Å². The smallest absolute Gasteiger partial charge is 0.164 e. The molecule has 1 aliphatic carbocycles. The molecule has 0 saturated heterocycles. The third-order valence-electron chi connectivity index (χ3n) is 13.2. The molecule has 0 N–H and O–H groups in total. The summed E-state index contributed by atoms with van der Waals surface area (Å²) in [5.74, 6) is 1.84. The van der Waals surface area contributed by atoms with Crippen molar-refractivity contribution < 1.29 is 4.79 Å². The van der Waals surface area contributed by atoms with Gasteiger partial charge < -0.3 is 0 Å². The van der Waals surface area contributed by atoms with Crippen LogP contribution in [0.3, 0.4) is 0 Å². The van der Waals surface area contributed by atoms with E-state index in [0.717, 1.165) is 39.1 Å². The van der Waals surface area contributed by atoms with Crippen molar-refractivity contribution in [1.82, 2.24) is 19.9 Å². The van der Waals surface area contributed by atoms with Crippen LogP contribution in [-0.4, -0.2) is 25.7 Å². The highest BCUT2D eigenvalue weighted by Crippen LogP contribution is 2.61. The average Bonchev–Trinajstić information content (AvgIpc) is 3.26. The van der Waals surface area contributed by atoms with E-state index in [4.69, 9.17) is 19.9 Å². The van der Waals surface area contributed by atoms with Gasteiger partial charge in [0, 0.05) is 39.6 Å². The number of carbonyl (C=O) groups is 1. The van der Waals surface area contributed by atoms with Gasteiger partial charge in [0.25, 0.3) is 0 Å². The van der Waals surface area contributed by atoms with Crippen LogP contribution in [0.25, 0.3) is 56.5 Å². The van der Waals surface area contributed by atoms with E-state index in [9.17, 15) is 4.79 Å². The van der Waals surface area contributed by atoms with E-state index in [1.807, 2.05) is 24.4 Å². The van der Waals surface area contributed by atoms with Crippen LogP contribution in [-0.2, 0) is 21.7 Å². The van der Waals surface area contributed by atoms with E-state index >= 15 is 0 Å². The molecule has 0 aliphatic heterocycles. The molecule has 0 atom stereocenters. The lowest BCUT2D eigenvalue weighted by Gasteiger charge is -2.44. The maximum atomic E-state index is 13.2. The van der Waals surface area contributed by atoms with Crippen LogP contribution in [0.15, 0.2) is 103 Å². The molecule has 0 spiro atoms. The van der Waals surface area contributed by atoms with Crippen molar-refractivity contribution in [3.8, 4) is 56.5 Å². The number of Topliss-reactive ketones (excluding diaryl/α,β-unsaturated/α-hetero) is 1. The number of carbonyl (C=O) groups excluding carboxylic acids is 1. The second kappa shape index (κ2) is 13.4. The van der Waals surface area contributed by atoms with Gasteiger partial charge in [-0.1, -0.05) is 168 Å². The maximum absolute atomic E-state index is 13.2. The molecule has 2 heterocycles. The van der Waals surface area contributed by atoms with Gasteiger partial charge >= 0.3 is 0 Å². The lowest BCUT2D eigenvalue weighted by Crippen LogP contribution is -2.42. The summed E-state index contributed by atoms with van der Waals surface area (Å²) >= 11 is 0. The molecule has 1 aliphatic rings. The van der Waals surface area contributed by atoms with E-state index < -0.39 is 0 Å². The normalized spacial score (nSPS) is 15.7. The first-order valence-electron chi connectivity index (χ1n) is 19.8. The number of benzene rings is 4. The minimum Gasteiger partial charge on any atom is -0.294 e. The van der Waals surface area contributed by atoms with Crippen molar-refractivity contribution in [1.29, 1.82) is 0 Å². The summed E-state index contributed by atoms with van der Waals surface area (Å²) in [6, 6.07) is 33.9. The van der Waals surface area contributed by atoms with Crippen LogP contribution >= 0.6 is 0 Å². The topological polar surface area (TPSA) is 68.6 Å². The molecule has 7 rings (SSSR count). The van der Waals surface area contributed by atoms with Gasteiger partial charge in [0.05, 0.1) is 5.69 Å². The summed E-state index contributed by atoms with van der Waals surface area (Å²) in [5, 5.41) is 0. The zero-order valence-electron chi connectivity index (χ0n) is 35.5. The Labute approximate surface area is 334 Å². The maximum Gasteiger partial charge on any atom is 0.164 e. The number of ketones is 1. The number of hydrogen-bond donors (Lipinski definition) is 0. The van der Waals surface area contributed by atoms with Gasteiger partial charge in [0.1, 0.15) is 0 Å². The fourth-order valence-electron chi connectivity index (χ4n) is 8.14. The lowest BCUT2D eigenvalue weighted by molar-refractivity contribution is 0.101. The largest absolute Gasteiger partial charge is 0.294 e. The first-order chi connectivity index (χ1) is 26.1. The van der Waals surface area contributed by atoms with Crippen molar-refractivity contribution in [3.05, 3.63) is 131 Å². The standard InChI is InChI=1S/C51H56N4O/c1-31(56)40-28-37(30-52-43(40)36-22-27-41-42(29-36)50(10,11)51(12,13)49(41,8)9)32-14-16-33(17-15-32)44-53-45(34-18-23-38(24-19-34)47(2,3)4)55-46(54-44)35-20-25-39(26-21-35)48(5,6)7/h14-30H,1-13H3. The van der Waals surface area contributed by atoms with Gasteiger partial charge in [0.2, 0.25) is 0 Å². The number of hydrogen-bond acceptors (Lipinski definition) is 5. The third-order valence-corrected chi connectivity index (χ3v) is 13.2. The summed E-state index contributed by atoms with van der Waals surface area (Å²) < 4.78 is 0. The van der Waals surface area contributed by atoms with Gasteiger partial charge in [-0.05, 0) is 73.9 Å². The lowest BCUT2D eigenvalue weighted by atomic mass is 9.59. The SMILES string of the molecule is CC(=O)c1cc(-c2ccc(-c3nc(-c4ccc(C(C)(C)C)cc4)nc(-c4ccc(C(C)(C)C)cc4)n3)cc2)cnc1-c1ccc2c(c1)C(C)(C)C(C)(C)C2(C)C. The second-order valence-electron chi connectivity index (χ2n) is 19.3. The Kier molecular flexibility index (Phi) is 9.35. The van der Waals surface area contributed by atoms with Crippen molar-refractivity contribution in [3.63, 3.8) is 0 Å². The van der Waals surface area contributed by atoms with Gasteiger partial charge in [-0.2, -0.15) is 0 Å². The fourth-order valence-corrected chi connectivity index (χ4v) is 8.14. The summed E-state index contributed by atoms with van der Waals surface area (Å²) in [6.07, 6.45) is 1.88. The molecule has 5 heteroatoms. The number of nitrogens with zero attached hydrogens (tertiary/aromatic N) is 4. The monoisotopic (exact) mass is 740 g/mol. The summed E-state index contributed by atoms with van der Waals surface area (Å²) in [6.45, 7) is 29.0. The molecule has 0 saturated carbocycles. The summed E-state index contributed by atoms with van der Waals surface area (Å²) in [4.78, 5) is 33.2. The van der Waals surface area contributed by atoms with Crippen molar-refractivity contribution >= 4 is 5.78 Å². The fraction of sp³-hybridized carbons (Fsp3) is 0.353. The van der Waals surface area contributed by atoms with Crippen LogP contribution in [0, 0.1) is 5.41 Å². The molecular formula is C51H56N4O. The molecule has 5 nitrogen and oxygen atoms in total. The first kappa shape index (κ1) is 39.0. The van der Waals surface area contributed by atoms with Crippen LogP contribution in [0.2, 0.25) is 0 Å². The van der Waals surface area contributed by atoms with Gasteiger partial charge in [-0.25, -0.2) is 15.0 Å². The molecule has 0 unspecified atom stereocenters. The Morgan fingerprint density at radius 2 is 0.875 bits per heavy atom. The molecule has 2 aromatic heterocycles. The highest BCUT2D eigenvalue weighted by Gasteiger charge is 2.56. The molecule has 0 radical (unpaired) electrons. The minimum atomic E-state index is -0.0479. The predicted octanol–water partition coefficient (Wildman–Crippen LogP) is 13.0. The molecule has 0 bridgehead atoms. The second-order valence-corrected chi connectivity index (χ2v) is 19.3. The molecular weight excluding hydrogens is 685 g/mol. The quantitative estimate of drug-likeness (QED) is 0.159. The molecule has 4 aromatic carbocycles. The Hall–Kier alpha value is -5.29. The predicted molar refractivity (Wildman–Crippen MR) is 232 cm³/mol. The van der Waals surface area contributed by atoms with Crippen molar-refractivity contribution in [2.75, 3.05) is 0 Å². The Morgan fingerprint density at radius 1 is 0.482 bits per heavy atom. The first-order valence-corrected chi connectivity index (χ1v) is 19.8. The summed E-state index contributed by atoms with van der Waals surface area (Å²) in [7, 11) is 0. The molecule has 0 fully saturated rings. The molecule has 0 amide bonds. The van der Waals surface area contributed by atoms with E-state index in [2.05, 4.69) is 162 Å². The van der Waals surface area contributed by atoms with Gasteiger partial charge in [-0.15, -0.1) is 0 Å². The Bertz CT molecular complexity index is 2380. The van der Waals surface area contributed by atoms with Crippen molar-refractivity contribution in [2.45, 2.75) is 112 Å². The number of aromatic nitrogens is 4. The van der Waals surface area contributed by atoms with Gasteiger partial charge in [-0.3, -0.25) is 9.78 Å². The number of pyridine rings is 1. The highest BCUT2D eigenvalue weighted by atomic mass is 16.1. The minimum absolute atomic E-state index is 0.0110. The van der Waals surface area contributed by atoms with Gasteiger partial charge in [0.15, 0.2) is 23.3 Å². The Balaban J connectivity index is 1.25.